The van der Waals surface area contributed by atoms with Crippen LogP contribution in [0.3, 0.4) is 0 Å². The van der Waals surface area contributed by atoms with E-state index in [0.29, 0.717) is 5.02 Å². The molecular formula is C21H18ClFN2O3S. The fourth-order valence-corrected chi connectivity index (χ4v) is 4.26. The van der Waals surface area contributed by atoms with Gasteiger partial charge in [0.1, 0.15) is 12.4 Å². The highest BCUT2D eigenvalue weighted by molar-refractivity contribution is 7.92. The molecule has 3 aromatic carbocycles. The van der Waals surface area contributed by atoms with Gasteiger partial charge in [-0.1, -0.05) is 48.0 Å². The Bertz CT molecular complexity index is 1140. The predicted molar refractivity (Wildman–Crippen MR) is 112 cm³/mol. The summed E-state index contributed by atoms with van der Waals surface area (Å²) in [6.07, 6.45) is 0. The molecule has 0 aliphatic heterocycles. The maximum absolute atomic E-state index is 13.8. The summed E-state index contributed by atoms with van der Waals surface area (Å²) in [4.78, 5) is 12.6. The number of benzene rings is 3. The normalized spacial score (nSPS) is 11.1. The van der Waals surface area contributed by atoms with Crippen molar-refractivity contribution in [3.05, 3.63) is 89.2 Å². The van der Waals surface area contributed by atoms with E-state index in [-0.39, 0.29) is 16.3 Å². The summed E-state index contributed by atoms with van der Waals surface area (Å²) in [6.45, 7) is 1.23. The van der Waals surface area contributed by atoms with Gasteiger partial charge in [-0.3, -0.25) is 9.10 Å². The average molecular weight is 433 g/mol. The first kappa shape index (κ1) is 20.8. The largest absolute Gasteiger partial charge is 0.322 e. The van der Waals surface area contributed by atoms with Gasteiger partial charge in [0, 0.05) is 5.02 Å². The maximum atomic E-state index is 13.8. The molecule has 0 aliphatic carbocycles. The first-order valence-electron chi connectivity index (χ1n) is 8.67. The van der Waals surface area contributed by atoms with Crippen molar-refractivity contribution < 1.29 is 17.6 Å². The van der Waals surface area contributed by atoms with Crippen LogP contribution >= 0.6 is 11.6 Å². The lowest BCUT2D eigenvalue weighted by Gasteiger charge is -2.24. The summed E-state index contributed by atoms with van der Waals surface area (Å²) < 4.78 is 41.2. The van der Waals surface area contributed by atoms with Crippen LogP contribution in [-0.2, 0) is 14.8 Å². The van der Waals surface area contributed by atoms with Crippen LogP contribution in [0.2, 0.25) is 5.02 Å². The molecule has 0 aromatic heterocycles. The number of sulfonamides is 1. The molecule has 5 nitrogen and oxygen atoms in total. The molecule has 3 rings (SSSR count). The molecule has 0 radical (unpaired) electrons. The van der Waals surface area contributed by atoms with Crippen LogP contribution in [0.1, 0.15) is 5.56 Å². The van der Waals surface area contributed by atoms with E-state index in [1.807, 2.05) is 0 Å². The Kier molecular flexibility index (Phi) is 6.20. The van der Waals surface area contributed by atoms with Crippen LogP contribution in [0, 0.1) is 12.7 Å². The van der Waals surface area contributed by atoms with Gasteiger partial charge < -0.3 is 5.32 Å². The molecule has 0 saturated heterocycles. The Morgan fingerprint density at radius 2 is 1.69 bits per heavy atom. The molecule has 0 heterocycles. The molecule has 150 valence electrons. The van der Waals surface area contributed by atoms with Crippen molar-refractivity contribution >= 4 is 38.9 Å². The van der Waals surface area contributed by atoms with Gasteiger partial charge in [-0.25, -0.2) is 12.8 Å². The summed E-state index contributed by atoms with van der Waals surface area (Å²) in [5, 5.41) is 2.77. The van der Waals surface area contributed by atoms with E-state index in [0.717, 1.165) is 9.87 Å². The van der Waals surface area contributed by atoms with Gasteiger partial charge in [-0.15, -0.1) is 0 Å². The number of carbonyl (C=O) groups is 1. The van der Waals surface area contributed by atoms with E-state index in [9.17, 15) is 17.6 Å². The van der Waals surface area contributed by atoms with Crippen LogP contribution in [0.15, 0.2) is 77.7 Å². The Morgan fingerprint density at radius 3 is 2.34 bits per heavy atom. The number of aryl methyl sites for hydroxylation is 1. The average Bonchev–Trinajstić information content (AvgIpc) is 2.71. The lowest BCUT2D eigenvalue weighted by atomic mass is 10.2. The molecule has 3 aromatic rings. The highest BCUT2D eigenvalue weighted by atomic mass is 35.5. The minimum atomic E-state index is -4.06. The minimum Gasteiger partial charge on any atom is -0.322 e. The molecule has 0 aliphatic rings. The molecule has 1 amide bonds. The third-order valence-corrected chi connectivity index (χ3v) is 6.41. The van der Waals surface area contributed by atoms with Crippen LogP contribution in [0.4, 0.5) is 15.8 Å². The van der Waals surface area contributed by atoms with Crippen molar-refractivity contribution in [2.24, 2.45) is 0 Å². The van der Waals surface area contributed by atoms with Gasteiger partial charge in [0.15, 0.2) is 0 Å². The number of carbonyl (C=O) groups excluding carboxylic acids is 1. The van der Waals surface area contributed by atoms with E-state index in [4.69, 9.17) is 11.6 Å². The molecule has 0 unspecified atom stereocenters. The molecule has 29 heavy (non-hydrogen) atoms. The Balaban J connectivity index is 1.98. The maximum Gasteiger partial charge on any atom is 0.264 e. The standard InChI is InChI=1S/C21H18ClFN2O3S/c1-15-11-12-16(13-18(15)22)25(29(27,28)17-7-3-2-4-8-17)14-21(26)24-20-10-6-5-9-19(20)23/h2-13H,14H2,1H3,(H,24,26). The molecule has 0 atom stereocenters. The van der Waals surface area contributed by atoms with E-state index in [2.05, 4.69) is 5.32 Å². The van der Waals surface area contributed by atoms with Crippen LogP contribution in [0.5, 0.6) is 0 Å². The highest BCUT2D eigenvalue weighted by Gasteiger charge is 2.27. The second kappa shape index (κ2) is 8.63. The van der Waals surface area contributed by atoms with E-state index >= 15 is 0 Å². The zero-order valence-electron chi connectivity index (χ0n) is 15.5. The van der Waals surface area contributed by atoms with Crippen LogP contribution < -0.4 is 9.62 Å². The second-order valence-corrected chi connectivity index (χ2v) is 8.56. The van der Waals surface area contributed by atoms with Gasteiger partial charge in [0.05, 0.1) is 16.3 Å². The van der Waals surface area contributed by atoms with Gasteiger partial charge in [0.2, 0.25) is 5.91 Å². The van der Waals surface area contributed by atoms with Gasteiger partial charge in [-0.05, 0) is 48.9 Å². The summed E-state index contributed by atoms with van der Waals surface area (Å²) in [7, 11) is -4.06. The number of hydrogen-bond donors (Lipinski definition) is 1. The van der Waals surface area contributed by atoms with Crippen LogP contribution in [-0.4, -0.2) is 20.9 Å². The lowest BCUT2D eigenvalue weighted by Crippen LogP contribution is -2.38. The zero-order valence-corrected chi connectivity index (χ0v) is 17.0. The Hall–Kier alpha value is -2.90. The number of nitrogens with one attached hydrogen (secondary N) is 1. The fraction of sp³-hybridized carbons (Fsp3) is 0.0952. The second-order valence-electron chi connectivity index (χ2n) is 6.29. The van der Waals surface area contributed by atoms with Gasteiger partial charge in [0.25, 0.3) is 10.0 Å². The third kappa shape index (κ3) is 4.75. The number of halogens is 2. The van der Waals surface area contributed by atoms with Crippen molar-refractivity contribution in [3.63, 3.8) is 0 Å². The monoisotopic (exact) mass is 432 g/mol. The Labute approximate surface area is 173 Å². The van der Waals surface area contributed by atoms with Crippen molar-refractivity contribution in [1.29, 1.82) is 0 Å². The molecule has 0 fully saturated rings. The van der Waals surface area contributed by atoms with Crippen molar-refractivity contribution in [2.45, 2.75) is 11.8 Å². The van der Waals surface area contributed by atoms with Crippen molar-refractivity contribution in [1.82, 2.24) is 0 Å². The van der Waals surface area contributed by atoms with Crippen molar-refractivity contribution in [2.75, 3.05) is 16.2 Å². The molecule has 8 heteroatoms. The van der Waals surface area contributed by atoms with Crippen molar-refractivity contribution in [3.8, 4) is 0 Å². The fourth-order valence-electron chi connectivity index (χ4n) is 2.65. The molecule has 0 saturated carbocycles. The number of amides is 1. The number of nitrogens with zero attached hydrogens (tertiary/aromatic N) is 1. The lowest BCUT2D eigenvalue weighted by molar-refractivity contribution is -0.114. The summed E-state index contributed by atoms with van der Waals surface area (Å²) in [5.41, 5.74) is 0.966. The number of rotatable bonds is 6. The van der Waals surface area contributed by atoms with Crippen LogP contribution in [0.25, 0.3) is 0 Å². The smallest absolute Gasteiger partial charge is 0.264 e. The predicted octanol–water partition coefficient (Wildman–Crippen LogP) is 4.62. The summed E-state index contributed by atoms with van der Waals surface area (Å²) in [6, 6.07) is 18.1. The SMILES string of the molecule is Cc1ccc(N(CC(=O)Nc2ccccc2F)S(=O)(=O)c2ccccc2)cc1Cl. The number of para-hydroxylation sites is 1. The highest BCUT2D eigenvalue weighted by Crippen LogP contribution is 2.28. The topological polar surface area (TPSA) is 66.5 Å². The molecule has 1 N–H and O–H groups in total. The Morgan fingerprint density at radius 1 is 1.03 bits per heavy atom. The first-order valence-corrected chi connectivity index (χ1v) is 10.5. The molecule has 0 bridgehead atoms. The zero-order chi connectivity index (χ0) is 21.0. The van der Waals surface area contributed by atoms with E-state index in [1.54, 1.807) is 43.3 Å². The quantitative estimate of drug-likeness (QED) is 0.618. The minimum absolute atomic E-state index is 0.0235. The summed E-state index contributed by atoms with van der Waals surface area (Å²) in [5.74, 6) is -1.30. The molecular weight excluding hydrogens is 415 g/mol. The van der Waals surface area contributed by atoms with Gasteiger partial charge >= 0.3 is 0 Å². The summed E-state index contributed by atoms with van der Waals surface area (Å²) >= 11 is 6.17. The number of hydrogen-bond acceptors (Lipinski definition) is 3. The first-order chi connectivity index (χ1) is 13.8. The van der Waals surface area contributed by atoms with Gasteiger partial charge in [-0.2, -0.15) is 0 Å². The molecule has 0 spiro atoms. The third-order valence-electron chi connectivity index (χ3n) is 4.21. The van der Waals surface area contributed by atoms with E-state index < -0.39 is 28.3 Å². The van der Waals surface area contributed by atoms with E-state index in [1.165, 1.54) is 36.4 Å². The number of anilines is 2.